The highest BCUT2D eigenvalue weighted by Gasteiger charge is 2.25. The monoisotopic (exact) mass is 445 g/mol. The number of rotatable bonds is 7. The van der Waals surface area contributed by atoms with E-state index in [4.69, 9.17) is 14.2 Å². The van der Waals surface area contributed by atoms with Gasteiger partial charge in [-0.15, -0.1) is 0 Å². The summed E-state index contributed by atoms with van der Waals surface area (Å²) in [6.07, 6.45) is -1.09. The Morgan fingerprint density at radius 2 is 1.76 bits per heavy atom. The van der Waals surface area contributed by atoms with Gasteiger partial charge in [-0.2, -0.15) is 5.10 Å². The molecule has 8 heteroatoms. The molecule has 33 heavy (non-hydrogen) atoms. The number of nitrogens with one attached hydrogen (secondary N) is 2. The number of anilines is 1. The number of carbonyl (C=O) groups excluding carboxylic acids is 2. The van der Waals surface area contributed by atoms with Crippen LogP contribution in [0.4, 0.5) is 5.82 Å². The lowest BCUT2D eigenvalue weighted by Gasteiger charge is -2.16. The molecule has 2 N–H and O–H groups in total. The molecule has 4 rings (SSSR count). The molecule has 1 amide bonds. The number of benzene rings is 3. The lowest BCUT2D eigenvalue weighted by molar-refractivity contribution is -0.152. The van der Waals surface area contributed by atoms with Crippen LogP contribution in [0.2, 0.25) is 0 Å². The van der Waals surface area contributed by atoms with Crippen LogP contribution in [0.1, 0.15) is 18.6 Å². The number of fused-ring (bicyclic) bond motifs is 1. The molecule has 1 unspecified atom stereocenters. The van der Waals surface area contributed by atoms with E-state index in [0.29, 0.717) is 28.3 Å². The molecule has 0 spiro atoms. The van der Waals surface area contributed by atoms with Crippen LogP contribution in [0.5, 0.6) is 11.5 Å². The van der Waals surface area contributed by atoms with E-state index in [-0.39, 0.29) is 0 Å². The van der Waals surface area contributed by atoms with E-state index in [1.165, 1.54) is 6.92 Å². The number of carbonyl (C=O) groups is 2. The third kappa shape index (κ3) is 4.64. The summed E-state index contributed by atoms with van der Waals surface area (Å²) in [5.41, 5.74) is 3.04. The maximum atomic E-state index is 13.0. The standard InChI is InChI=1S/C25H23N3O5/c1-15(29)33-23(16-7-5-4-6-8-16)25(30)26-24-19-11-9-17(13-21(19)27-28-24)20-14-18(31-2)10-12-22(20)32-3/h4-14,23H,1-3H3,(H2,26,27,28,30). The maximum Gasteiger partial charge on any atom is 0.303 e. The van der Waals surface area contributed by atoms with Crippen molar-refractivity contribution in [1.29, 1.82) is 0 Å². The Kier molecular flexibility index (Phi) is 6.26. The van der Waals surface area contributed by atoms with E-state index >= 15 is 0 Å². The average molecular weight is 445 g/mol. The predicted molar refractivity (Wildman–Crippen MR) is 124 cm³/mol. The molecule has 1 heterocycles. The zero-order valence-corrected chi connectivity index (χ0v) is 18.4. The Bertz CT molecular complexity index is 1300. The summed E-state index contributed by atoms with van der Waals surface area (Å²) in [5, 5.41) is 10.7. The molecule has 0 radical (unpaired) electrons. The van der Waals surface area contributed by atoms with Crippen LogP contribution >= 0.6 is 0 Å². The van der Waals surface area contributed by atoms with Crippen LogP contribution in [-0.4, -0.2) is 36.3 Å². The molecule has 0 saturated heterocycles. The van der Waals surface area contributed by atoms with Gasteiger partial charge in [0.05, 0.1) is 19.7 Å². The number of esters is 1. The Hall–Kier alpha value is -4.33. The lowest BCUT2D eigenvalue weighted by atomic mass is 10.0. The SMILES string of the molecule is COc1ccc(OC)c(-c2ccc3c(NC(=O)C(OC(C)=O)c4ccccc4)n[nH]c3c2)c1. The number of hydrogen-bond donors (Lipinski definition) is 2. The molecule has 4 aromatic rings. The van der Waals surface area contributed by atoms with E-state index in [1.54, 1.807) is 38.5 Å². The summed E-state index contributed by atoms with van der Waals surface area (Å²) < 4.78 is 16.1. The summed E-state index contributed by atoms with van der Waals surface area (Å²) in [6.45, 7) is 1.27. The molecule has 168 valence electrons. The van der Waals surface area contributed by atoms with Crippen molar-refractivity contribution in [2.24, 2.45) is 0 Å². The normalized spacial score (nSPS) is 11.6. The average Bonchev–Trinajstić information content (AvgIpc) is 3.24. The molecule has 0 aliphatic rings. The van der Waals surface area contributed by atoms with Crippen molar-refractivity contribution in [3.8, 4) is 22.6 Å². The molecular weight excluding hydrogens is 422 g/mol. The number of nitrogens with zero attached hydrogens (tertiary/aromatic N) is 1. The van der Waals surface area contributed by atoms with Crippen molar-refractivity contribution < 1.29 is 23.8 Å². The van der Waals surface area contributed by atoms with E-state index in [2.05, 4.69) is 15.5 Å². The van der Waals surface area contributed by atoms with E-state index < -0.39 is 18.0 Å². The molecule has 1 atom stereocenters. The molecule has 3 aromatic carbocycles. The lowest BCUT2D eigenvalue weighted by Crippen LogP contribution is -2.25. The van der Waals surface area contributed by atoms with Crippen molar-refractivity contribution in [2.45, 2.75) is 13.0 Å². The van der Waals surface area contributed by atoms with Crippen molar-refractivity contribution in [3.05, 3.63) is 72.3 Å². The van der Waals surface area contributed by atoms with Gasteiger partial charge in [0.2, 0.25) is 6.10 Å². The number of ether oxygens (including phenoxy) is 3. The smallest absolute Gasteiger partial charge is 0.303 e. The van der Waals surface area contributed by atoms with Gasteiger partial charge in [-0.1, -0.05) is 36.4 Å². The van der Waals surface area contributed by atoms with Gasteiger partial charge in [-0.25, -0.2) is 0 Å². The Balaban J connectivity index is 1.64. The second-order valence-electron chi connectivity index (χ2n) is 7.29. The second kappa shape index (κ2) is 9.44. The van der Waals surface area contributed by atoms with Gasteiger partial charge in [-0.3, -0.25) is 14.7 Å². The summed E-state index contributed by atoms with van der Waals surface area (Å²) >= 11 is 0. The first-order chi connectivity index (χ1) is 16.0. The fourth-order valence-electron chi connectivity index (χ4n) is 3.57. The van der Waals surface area contributed by atoms with E-state index in [1.807, 2.05) is 42.5 Å². The highest BCUT2D eigenvalue weighted by molar-refractivity contribution is 6.03. The van der Waals surface area contributed by atoms with Crippen LogP contribution in [-0.2, 0) is 14.3 Å². The number of hydrogen-bond acceptors (Lipinski definition) is 6. The fourth-order valence-corrected chi connectivity index (χ4v) is 3.57. The minimum absolute atomic E-state index is 0.340. The topological polar surface area (TPSA) is 103 Å². The Labute approximate surface area is 190 Å². The minimum atomic E-state index is -1.09. The zero-order chi connectivity index (χ0) is 23.4. The van der Waals surface area contributed by atoms with Crippen LogP contribution in [0.25, 0.3) is 22.0 Å². The quantitative estimate of drug-likeness (QED) is 0.407. The third-order valence-corrected chi connectivity index (χ3v) is 5.15. The fraction of sp³-hybridized carbons (Fsp3) is 0.160. The van der Waals surface area contributed by atoms with Crippen LogP contribution in [0.3, 0.4) is 0 Å². The molecular formula is C25H23N3O5. The summed E-state index contributed by atoms with van der Waals surface area (Å²) in [6, 6.07) is 20.1. The highest BCUT2D eigenvalue weighted by atomic mass is 16.5. The molecule has 0 bridgehead atoms. The van der Waals surface area contributed by atoms with Gasteiger partial charge >= 0.3 is 5.97 Å². The number of aromatic nitrogens is 2. The van der Waals surface area contributed by atoms with Crippen molar-refractivity contribution in [1.82, 2.24) is 10.2 Å². The Morgan fingerprint density at radius 1 is 0.970 bits per heavy atom. The molecule has 0 saturated carbocycles. The molecule has 8 nitrogen and oxygen atoms in total. The molecule has 0 aliphatic carbocycles. The number of aromatic amines is 1. The van der Waals surface area contributed by atoms with Gasteiger partial charge in [0.25, 0.3) is 5.91 Å². The van der Waals surface area contributed by atoms with Crippen molar-refractivity contribution >= 4 is 28.6 Å². The van der Waals surface area contributed by atoms with Gasteiger partial charge in [0, 0.05) is 23.4 Å². The first-order valence-electron chi connectivity index (χ1n) is 10.2. The van der Waals surface area contributed by atoms with Gasteiger partial charge in [-0.05, 0) is 35.9 Å². The van der Waals surface area contributed by atoms with E-state index in [0.717, 1.165) is 16.6 Å². The minimum Gasteiger partial charge on any atom is -0.497 e. The predicted octanol–water partition coefficient (Wildman–Crippen LogP) is 4.49. The zero-order valence-electron chi connectivity index (χ0n) is 18.4. The first-order valence-corrected chi connectivity index (χ1v) is 10.2. The maximum absolute atomic E-state index is 13.0. The number of H-pyrrole nitrogens is 1. The Morgan fingerprint density at radius 3 is 2.45 bits per heavy atom. The highest BCUT2D eigenvalue weighted by Crippen LogP contribution is 2.35. The number of amides is 1. The largest absolute Gasteiger partial charge is 0.497 e. The van der Waals surface area contributed by atoms with Gasteiger partial charge < -0.3 is 19.5 Å². The van der Waals surface area contributed by atoms with Crippen LogP contribution in [0.15, 0.2) is 66.7 Å². The third-order valence-electron chi connectivity index (χ3n) is 5.15. The molecule has 0 aliphatic heterocycles. The van der Waals surface area contributed by atoms with Gasteiger partial charge in [0.1, 0.15) is 11.5 Å². The van der Waals surface area contributed by atoms with Gasteiger partial charge in [0.15, 0.2) is 5.82 Å². The molecule has 0 fully saturated rings. The van der Waals surface area contributed by atoms with Crippen LogP contribution in [0, 0.1) is 0 Å². The van der Waals surface area contributed by atoms with E-state index in [9.17, 15) is 9.59 Å². The summed E-state index contributed by atoms with van der Waals surface area (Å²) in [4.78, 5) is 24.5. The van der Waals surface area contributed by atoms with Crippen molar-refractivity contribution in [3.63, 3.8) is 0 Å². The summed E-state index contributed by atoms with van der Waals surface area (Å²) in [5.74, 6) is 0.703. The molecule has 1 aromatic heterocycles. The van der Waals surface area contributed by atoms with Crippen LogP contribution < -0.4 is 14.8 Å². The second-order valence-corrected chi connectivity index (χ2v) is 7.29. The first kappa shape index (κ1) is 21.9. The van der Waals surface area contributed by atoms with Crippen molar-refractivity contribution in [2.75, 3.05) is 19.5 Å². The summed E-state index contributed by atoms with van der Waals surface area (Å²) in [7, 11) is 3.22. The number of methoxy groups -OCH3 is 2.